The number of anilines is 1. The molecule has 7 nitrogen and oxygen atoms in total. The quantitative estimate of drug-likeness (QED) is 0.684. The zero-order chi connectivity index (χ0) is 20.1. The minimum absolute atomic E-state index is 0.0295. The summed E-state index contributed by atoms with van der Waals surface area (Å²) >= 11 is 0. The smallest absolute Gasteiger partial charge is 0.262 e. The minimum Gasteiger partial charge on any atom is -0.351 e. The average molecular weight is 414 g/mol. The first-order valence-electron chi connectivity index (χ1n) is 8.00. The second-order valence-corrected chi connectivity index (χ2v) is 9.76. The van der Waals surface area contributed by atoms with Crippen molar-refractivity contribution in [2.75, 3.05) is 22.8 Å². The number of sulfonamides is 1. The zero-order valence-corrected chi connectivity index (χ0v) is 16.1. The molecule has 0 aliphatic carbocycles. The number of halogens is 1. The highest BCUT2D eigenvalue weighted by molar-refractivity contribution is 7.92. The molecule has 2 rings (SSSR count). The molecule has 2 N–H and O–H groups in total. The predicted octanol–water partition coefficient (Wildman–Crippen LogP) is 1.79. The van der Waals surface area contributed by atoms with Gasteiger partial charge in [-0.2, -0.15) is 0 Å². The van der Waals surface area contributed by atoms with Gasteiger partial charge < -0.3 is 5.32 Å². The van der Waals surface area contributed by atoms with Gasteiger partial charge in [0.1, 0.15) is 5.82 Å². The lowest BCUT2D eigenvalue weighted by atomic mass is 10.2. The summed E-state index contributed by atoms with van der Waals surface area (Å²) in [5.74, 6) is -1.57. The highest BCUT2D eigenvalue weighted by Gasteiger charge is 2.18. The maximum absolute atomic E-state index is 13.7. The summed E-state index contributed by atoms with van der Waals surface area (Å²) in [6.45, 7) is 1.42. The van der Waals surface area contributed by atoms with Crippen LogP contribution in [-0.4, -0.2) is 40.8 Å². The second-order valence-electron chi connectivity index (χ2n) is 5.61. The van der Waals surface area contributed by atoms with E-state index < -0.39 is 31.6 Å². The highest BCUT2D eigenvalue weighted by Crippen LogP contribution is 2.19. The molecular weight excluding hydrogens is 395 g/mol. The molecule has 0 heterocycles. The molecule has 27 heavy (non-hydrogen) atoms. The Morgan fingerprint density at radius 2 is 1.74 bits per heavy atom. The zero-order valence-electron chi connectivity index (χ0n) is 14.5. The first-order chi connectivity index (χ1) is 12.6. The summed E-state index contributed by atoms with van der Waals surface area (Å²) in [6, 6.07) is 10.5. The third-order valence-corrected chi connectivity index (χ3v) is 6.73. The molecule has 0 aliphatic heterocycles. The van der Waals surface area contributed by atoms with E-state index in [1.807, 2.05) is 0 Å². The van der Waals surface area contributed by atoms with Crippen molar-refractivity contribution in [3.05, 3.63) is 59.9 Å². The second kappa shape index (κ2) is 8.49. The van der Waals surface area contributed by atoms with Crippen LogP contribution >= 0.6 is 0 Å². The lowest BCUT2D eigenvalue weighted by Gasteiger charge is -2.10. The topological polar surface area (TPSA) is 109 Å². The molecule has 0 saturated carbocycles. The Kier molecular flexibility index (Phi) is 6.55. The molecule has 2 aromatic rings. The van der Waals surface area contributed by atoms with Crippen LogP contribution in [0.3, 0.4) is 0 Å². The molecule has 0 aliphatic rings. The van der Waals surface area contributed by atoms with Crippen LogP contribution in [0.4, 0.5) is 10.1 Å². The number of sulfone groups is 1. The van der Waals surface area contributed by atoms with E-state index in [4.69, 9.17) is 0 Å². The lowest BCUT2D eigenvalue weighted by molar-refractivity contribution is 0.0956. The maximum Gasteiger partial charge on any atom is 0.262 e. The Morgan fingerprint density at radius 3 is 2.41 bits per heavy atom. The van der Waals surface area contributed by atoms with Gasteiger partial charge in [0.15, 0.2) is 9.84 Å². The Hall–Kier alpha value is -2.46. The molecule has 146 valence electrons. The first kappa shape index (κ1) is 20.8. The number of para-hydroxylation sites is 1. The highest BCUT2D eigenvalue weighted by atomic mass is 32.2. The standard InChI is InChI=1S/C17H19FN2O5S2/c1-2-26(22,23)11-10-19-17(21)13-6-5-7-14(12-13)27(24,25)20-16-9-4-3-8-15(16)18/h3-9,12,20H,2,10-11H2,1H3,(H,19,21). The monoisotopic (exact) mass is 414 g/mol. The normalized spacial score (nSPS) is 11.8. The van der Waals surface area contributed by atoms with E-state index in [9.17, 15) is 26.0 Å². The van der Waals surface area contributed by atoms with Gasteiger partial charge in [0, 0.05) is 17.9 Å². The number of hydrogen-bond acceptors (Lipinski definition) is 5. The molecule has 0 bridgehead atoms. The average Bonchev–Trinajstić information content (AvgIpc) is 2.63. The third kappa shape index (κ3) is 5.76. The number of amides is 1. The maximum atomic E-state index is 13.7. The SMILES string of the molecule is CCS(=O)(=O)CCNC(=O)c1cccc(S(=O)(=O)Nc2ccccc2F)c1. The number of hydrogen-bond donors (Lipinski definition) is 2. The number of rotatable bonds is 8. The fraction of sp³-hybridized carbons (Fsp3) is 0.235. The van der Waals surface area contributed by atoms with Gasteiger partial charge in [0.05, 0.1) is 16.3 Å². The van der Waals surface area contributed by atoms with Crippen LogP contribution in [0.2, 0.25) is 0 Å². The Labute approximate surface area is 157 Å². The molecule has 0 atom stereocenters. The van der Waals surface area contributed by atoms with Crippen molar-refractivity contribution in [3.8, 4) is 0 Å². The van der Waals surface area contributed by atoms with Crippen molar-refractivity contribution >= 4 is 31.5 Å². The summed E-state index contributed by atoms with van der Waals surface area (Å²) in [4.78, 5) is 11.9. The molecule has 0 radical (unpaired) electrons. The fourth-order valence-corrected chi connectivity index (χ4v) is 3.93. The number of carbonyl (C=O) groups excluding carboxylic acids is 1. The number of carbonyl (C=O) groups is 1. The summed E-state index contributed by atoms with van der Waals surface area (Å²) in [5.41, 5.74) is -0.169. The van der Waals surface area contributed by atoms with E-state index in [1.165, 1.54) is 43.3 Å². The molecule has 0 saturated heterocycles. The van der Waals surface area contributed by atoms with Gasteiger partial charge >= 0.3 is 0 Å². The summed E-state index contributed by atoms with van der Waals surface area (Å²) in [5, 5.41) is 2.43. The molecular formula is C17H19FN2O5S2. The van der Waals surface area contributed by atoms with E-state index in [-0.39, 0.29) is 34.2 Å². The van der Waals surface area contributed by atoms with Crippen molar-refractivity contribution in [1.82, 2.24) is 5.32 Å². The van der Waals surface area contributed by atoms with Gasteiger partial charge in [0.2, 0.25) is 0 Å². The predicted molar refractivity (Wildman–Crippen MR) is 100 cm³/mol. The van der Waals surface area contributed by atoms with Gasteiger partial charge in [0.25, 0.3) is 15.9 Å². The Morgan fingerprint density at radius 1 is 1.04 bits per heavy atom. The Balaban J connectivity index is 2.14. The van der Waals surface area contributed by atoms with Crippen LogP contribution < -0.4 is 10.0 Å². The van der Waals surface area contributed by atoms with Gasteiger partial charge in [-0.05, 0) is 30.3 Å². The summed E-state index contributed by atoms with van der Waals surface area (Å²) < 4.78 is 63.5. The molecule has 0 unspecified atom stereocenters. The van der Waals surface area contributed by atoms with Crippen molar-refractivity contribution < 1.29 is 26.0 Å². The van der Waals surface area contributed by atoms with Crippen LogP contribution in [0.1, 0.15) is 17.3 Å². The molecule has 0 spiro atoms. The van der Waals surface area contributed by atoms with Crippen molar-refractivity contribution in [2.24, 2.45) is 0 Å². The van der Waals surface area contributed by atoms with E-state index in [1.54, 1.807) is 0 Å². The van der Waals surface area contributed by atoms with Gasteiger partial charge in [-0.15, -0.1) is 0 Å². The van der Waals surface area contributed by atoms with E-state index in [0.29, 0.717) is 0 Å². The Bertz CT molecular complexity index is 1040. The van der Waals surface area contributed by atoms with Gasteiger partial charge in [-0.25, -0.2) is 21.2 Å². The molecule has 0 aromatic heterocycles. The van der Waals surface area contributed by atoms with E-state index >= 15 is 0 Å². The van der Waals surface area contributed by atoms with Gasteiger partial charge in [-0.1, -0.05) is 25.1 Å². The van der Waals surface area contributed by atoms with E-state index in [2.05, 4.69) is 10.0 Å². The summed E-state index contributed by atoms with van der Waals surface area (Å²) in [6.07, 6.45) is 0. The van der Waals surface area contributed by atoms with Crippen molar-refractivity contribution in [3.63, 3.8) is 0 Å². The molecule has 0 fully saturated rings. The summed E-state index contributed by atoms with van der Waals surface area (Å²) in [7, 11) is -7.33. The van der Waals surface area contributed by atoms with Crippen molar-refractivity contribution in [1.29, 1.82) is 0 Å². The first-order valence-corrected chi connectivity index (χ1v) is 11.3. The van der Waals surface area contributed by atoms with Crippen LogP contribution in [-0.2, 0) is 19.9 Å². The van der Waals surface area contributed by atoms with Crippen LogP contribution in [0.15, 0.2) is 53.4 Å². The molecule has 10 heteroatoms. The van der Waals surface area contributed by atoms with Crippen LogP contribution in [0.5, 0.6) is 0 Å². The molecule has 1 amide bonds. The van der Waals surface area contributed by atoms with Crippen LogP contribution in [0.25, 0.3) is 0 Å². The van der Waals surface area contributed by atoms with Crippen molar-refractivity contribution in [2.45, 2.75) is 11.8 Å². The van der Waals surface area contributed by atoms with Gasteiger partial charge in [-0.3, -0.25) is 9.52 Å². The number of benzene rings is 2. The third-order valence-electron chi connectivity index (χ3n) is 3.66. The van der Waals surface area contributed by atoms with Crippen LogP contribution in [0, 0.1) is 5.82 Å². The number of nitrogens with one attached hydrogen (secondary N) is 2. The largest absolute Gasteiger partial charge is 0.351 e. The fourth-order valence-electron chi connectivity index (χ4n) is 2.12. The van der Waals surface area contributed by atoms with E-state index in [0.717, 1.165) is 12.1 Å². The minimum atomic E-state index is -4.11. The lowest BCUT2D eigenvalue weighted by Crippen LogP contribution is -2.29. The molecule has 2 aromatic carbocycles.